The van der Waals surface area contributed by atoms with Crippen molar-refractivity contribution in [2.24, 2.45) is 0 Å². The number of likely N-dealkylation sites (N-methyl/N-ethyl adjacent to an activating group) is 1. The number of aromatic nitrogens is 4. The highest BCUT2D eigenvalue weighted by molar-refractivity contribution is 5.45. The fourth-order valence-corrected chi connectivity index (χ4v) is 2.76. The molecule has 8 nitrogen and oxygen atoms in total. The van der Waals surface area contributed by atoms with Crippen molar-refractivity contribution in [3.05, 3.63) is 24.7 Å². The number of nitrogens with zero attached hydrogens (tertiary/aromatic N) is 7. The van der Waals surface area contributed by atoms with Gasteiger partial charge < -0.3 is 19.4 Å². The molecule has 0 saturated carbocycles. The van der Waals surface area contributed by atoms with Gasteiger partial charge in [0.05, 0.1) is 19.5 Å². The topological polar surface area (TPSA) is 70.5 Å². The van der Waals surface area contributed by atoms with Crippen molar-refractivity contribution in [1.82, 2.24) is 19.9 Å². The Labute approximate surface area is 142 Å². The Morgan fingerprint density at radius 2 is 1.92 bits per heavy atom. The second-order valence-electron chi connectivity index (χ2n) is 6.03. The number of anilines is 3. The zero-order chi connectivity index (χ0) is 17.1. The fourth-order valence-electron chi connectivity index (χ4n) is 2.76. The maximum Gasteiger partial charge on any atom is 0.226 e. The van der Waals surface area contributed by atoms with E-state index < -0.39 is 0 Å². The molecule has 0 radical (unpaired) electrons. The average Bonchev–Trinajstić information content (AvgIpc) is 3.11. The van der Waals surface area contributed by atoms with Crippen LogP contribution in [0.2, 0.25) is 0 Å². The summed E-state index contributed by atoms with van der Waals surface area (Å²) in [6.45, 7) is 1.79. The average molecular weight is 329 g/mol. The van der Waals surface area contributed by atoms with E-state index in [2.05, 4.69) is 36.8 Å². The molecule has 0 bridgehead atoms. The second kappa shape index (κ2) is 6.86. The van der Waals surface area contributed by atoms with Crippen molar-refractivity contribution in [1.29, 1.82) is 0 Å². The van der Waals surface area contributed by atoms with Gasteiger partial charge in [0, 0.05) is 46.5 Å². The molecule has 1 unspecified atom stereocenters. The molecule has 0 N–H and O–H groups in total. The zero-order valence-electron chi connectivity index (χ0n) is 14.5. The molecule has 24 heavy (non-hydrogen) atoms. The van der Waals surface area contributed by atoms with Gasteiger partial charge in [-0.25, -0.2) is 15.0 Å². The minimum atomic E-state index is 0.362. The van der Waals surface area contributed by atoms with Crippen molar-refractivity contribution in [3.8, 4) is 5.75 Å². The summed E-state index contributed by atoms with van der Waals surface area (Å²) in [5, 5.41) is 0. The molecular weight excluding hydrogens is 306 g/mol. The molecule has 3 rings (SSSR count). The van der Waals surface area contributed by atoms with Crippen molar-refractivity contribution < 1.29 is 4.74 Å². The van der Waals surface area contributed by atoms with Crippen molar-refractivity contribution in [2.45, 2.75) is 12.5 Å². The molecule has 3 heterocycles. The molecule has 1 aliphatic heterocycles. The Hall–Kier alpha value is -2.64. The summed E-state index contributed by atoms with van der Waals surface area (Å²) in [5.74, 6) is 3.05. The van der Waals surface area contributed by atoms with E-state index >= 15 is 0 Å². The van der Waals surface area contributed by atoms with Crippen molar-refractivity contribution in [2.75, 3.05) is 56.0 Å². The molecule has 0 aliphatic carbocycles. The van der Waals surface area contributed by atoms with E-state index in [9.17, 15) is 0 Å². The van der Waals surface area contributed by atoms with E-state index in [4.69, 9.17) is 4.74 Å². The predicted molar refractivity (Wildman–Crippen MR) is 94.0 cm³/mol. The summed E-state index contributed by atoms with van der Waals surface area (Å²) in [6.07, 6.45) is 6.24. The molecule has 2 aromatic heterocycles. The molecule has 1 saturated heterocycles. The minimum absolute atomic E-state index is 0.362. The van der Waals surface area contributed by atoms with Gasteiger partial charge in [0.15, 0.2) is 5.75 Å². The maximum absolute atomic E-state index is 5.11. The summed E-state index contributed by atoms with van der Waals surface area (Å²) in [7, 11) is 7.57. The molecule has 1 fully saturated rings. The summed E-state index contributed by atoms with van der Waals surface area (Å²) in [5.41, 5.74) is 0. The van der Waals surface area contributed by atoms with Gasteiger partial charge in [0.1, 0.15) is 5.82 Å². The van der Waals surface area contributed by atoms with Gasteiger partial charge in [-0.2, -0.15) is 4.98 Å². The molecule has 8 heteroatoms. The number of hydrogen-bond donors (Lipinski definition) is 0. The van der Waals surface area contributed by atoms with Gasteiger partial charge in [-0.05, 0) is 12.5 Å². The van der Waals surface area contributed by atoms with Crippen LogP contribution in [-0.2, 0) is 0 Å². The standard InChI is InChI=1S/C16H23N7O/c1-21(2)16-17-7-5-14(20-16)22(3)12-6-8-23(11-12)15-18-9-13(24-4)10-19-15/h5,7,9-10,12H,6,8,11H2,1-4H3. The van der Waals surface area contributed by atoms with E-state index in [-0.39, 0.29) is 0 Å². The summed E-state index contributed by atoms with van der Waals surface area (Å²) in [4.78, 5) is 23.9. The Kier molecular flexibility index (Phi) is 4.64. The second-order valence-corrected chi connectivity index (χ2v) is 6.03. The lowest BCUT2D eigenvalue weighted by Crippen LogP contribution is -2.35. The third-order valence-electron chi connectivity index (χ3n) is 4.23. The van der Waals surface area contributed by atoms with Crippen LogP contribution >= 0.6 is 0 Å². The number of ether oxygens (including phenoxy) is 1. The van der Waals surface area contributed by atoms with Crippen LogP contribution < -0.4 is 19.4 Å². The van der Waals surface area contributed by atoms with E-state index in [1.165, 1.54) is 0 Å². The lowest BCUT2D eigenvalue weighted by Gasteiger charge is -2.26. The van der Waals surface area contributed by atoms with Crippen LogP contribution in [0.5, 0.6) is 5.75 Å². The number of hydrogen-bond acceptors (Lipinski definition) is 8. The molecular formula is C16H23N7O. The van der Waals surface area contributed by atoms with Gasteiger partial charge in [-0.15, -0.1) is 0 Å². The Morgan fingerprint density at radius 3 is 2.58 bits per heavy atom. The van der Waals surface area contributed by atoms with E-state index in [0.29, 0.717) is 17.7 Å². The first-order valence-electron chi connectivity index (χ1n) is 7.92. The molecule has 128 valence electrons. The molecule has 0 aromatic carbocycles. The smallest absolute Gasteiger partial charge is 0.226 e. The predicted octanol–water partition coefficient (Wildman–Crippen LogP) is 1.06. The van der Waals surface area contributed by atoms with Gasteiger partial charge in [0.25, 0.3) is 0 Å². The summed E-state index contributed by atoms with van der Waals surface area (Å²) in [6, 6.07) is 2.31. The van der Waals surface area contributed by atoms with Crippen LogP contribution in [0, 0.1) is 0 Å². The first-order chi connectivity index (χ1) is 11.6. The first kappa shape index (κ1) is 16.2. The molecule has 1 aliphatic rings. The van der Waals surface area contributed by atoms with E-state index in [1.54, 1.807) is 25.7 Å². The van der Waals surface area contributed by atoms with Crippen LogP contribution in [-0.4, -0.2) is 67.3 Å². The van der Waals surface area contributed by atoms with Crippen molar-refractivity contribution >= 4 is 17.7 Å². The number of rotatable bonds is 5. The molecule has 1 atom stereocenters. The SMILES string of the molecule is COc1cnc(N2CCC(N(C)c3ccnc(N(C)C)n3)C2)nc1. The highest BCUT2D eigenvalue weighted by Crippen LogP contribution is 2.23. The van der Waals surface area contributed by atoms with Gasteiger partial charge >= 0.3 is 0 Å². The maximum atomic E-state index is 5.11. The molecule has 0 amide bonds. The third kappa shape index (κ3) is 3.32. The van der Waals surface area contributed by atoms with Crippen LogP contribution in [0.1, 0.15) is 6.42 Å². The summed E-state index contributed by atoms with van der Waals surface area (Å²) < 4.78 is 5.11. The third-order valence-corrected chi connectivity index (χ3v) is 4.23. The Morgan fingerprint density at radius 1 is 1.17 bits per heavy atom. The monoisotopic (exact) mass is 329 g/mol. The largest absolute Gasteiger partial charge is 0.494 e. The van der Waals surface area contributed by atoms with E-state index in [1.807, 2.05) is 25.1 Å². The quantitative estimate of drug-likeness (QED) is 0.806. The van der Waals surface area contributed by atoms with Crippen LogP contribution in [0.4, 0.5) is 17.7 Å². The van der Waals surface area contributed by atoms with Crippen LogP contribution in [0.3, 0.4) is 0 Å². The molecule has 0 spiro atoms. The fraction of sp³-hybridized carbons (Fsp3) is 0.500. The van der Waals surface area contributed by atoms with Crippen molar-refractivity contribution in [3.63, 3.8) is 0 Å². The van der Waals surface area contributed by atoms with Crippen LogP contribution in [0.25, 0.3) is 0 Å². The molecule has 2 aromatic rings. The van der Waals surface area contributed by atoms with Gasteiger partial charge in [-0.3, -0.25) is 0 Å². The van der Waals surface area contributed by atoms with Gasteiger partial charge in [-0.1, -0.05) is 0 Å². The summed E-state index contributed by atoms with van der Waals surface area (Å²) >= 11 is 0. The highest BCUT2D eigenvalue weighted by Gasteiger charge is 2.28. The van der Waals surface area contributed by atoms with Gasteiger partial charge in [0.2, 0.25) is 11.9 Å². The normalized spacial score (nSPS) is 17.0. The lowest BCUT2D eigenvalue weighted by molar-refractivity contribution is 0.410. The van der Waals surface area contributed by atoms with E-state index in [0.717, 1.165) is 31.3 Å². The Balaban J connectivity index is 1.69. The Bertz CT molecular complexity index is 676. The zero-order valence-corrected chi connectivity index (χ0v) is 14.5. The van der Waals surface area contributed by atoms with Crippen LogP contribution in [0.15, 0.2) is 24.7 Å². The lowest BCUT2D eigenvalue weighted by atomic mass is 10.2. The highest BCUT2D eigenvalue weighted by atomic mass is 16.5. The number of methoxy groups -OCH3 is 1. The first-order valence-corrected chi connectivity index (χ1v) is 7.92. The minimum Gasteiger partial charge on any atom is -0.494 e.